The Morgan fingerprint density at radius 2 is 2.36 bits per heavy atom. The minimum absolute atomic E-state index is 0.137. The third-order valence-corrected chi connectivity index (χ3v) is 2.14. The zero-order chi connectivity index (χ0) is 10.1. The number of nitrogens with zero attached hydrogens (tertiary/aromatic N) is 3. The van der Waals surface area contributed by atoms with E-state index in [2.05, 4.69) is 10.1 Å². The summed E-state index contributed by atoms with van der Waals surface area (Å²) in [5, 5.41) is 13.2. The third kappa shape index (κ3) is 1.31. The maximum absolute atomic E-state index is 8.99. The topological polar surface area (TPSA) is 64.1 Å². The van der Waals surface area contributed by atoms with E-state index in [9.17, 15) is 0 Å². The summed E-state index contributed by atoms with van der Waals surface area (Å²) in [4.78, 5) is 3.88. The predicted octanol–water partition coefficient (Wildman–Crippen LogP) is 0.876. The second kappa shape index (κ2) is 3.26. The molecule has 0 aliphatic rings. The van der Waals surface area contributed by atoms with E-state index in [0.29, 0.717) is 17.1 Å². The van der Waals surface area contributed by atoms with Gasteiger partial charge < -0.3 is 9.52 Å². The van der Waals surface area contributed by atoms with E-state index in [-0.39, 0.29) is 6.61 Å². The summed E-state index contributed by atoms with van der Waals surface area (Å²) in [5.41, 5.74) is 2.25. The van der Waals surface area contributed by atoms with Crippen LogP contribution in [0.4, 0.5) is 0 Å². The Balaban J connectivity index is 2.49. The number of rotatable bonds is 2. The molecule has 2 heterocycles. The van der Waals surface area contributed by atoms with Gasteiger partial charge in [0.05, 0.1) is 6.61 Å². The molecule has 0 saturated carbocycles. The lowest BCUT2D eigenvalue weighted by atomic mass is 10.2. The molecule has 0 saturated heterocycles. The van der Waals surface area contributed by atoms with E-state index < -0.39 is 0 Å². The minimum atomic E-state index is -0.137. The van der Waals surface area contributed by atoms with E-state index in [4.69, 9.17) is 9.52 Å². The van der Waals surface area contributed by atoms with Crippen LogP contribution in [0.1, 0.15) is 11.4 Å². The van der Waals surface area contributed by atoms with Gasteiger partial charge in [0.1, 0.15) is 11.4 Å². The average Bonchev–Trinajstić information content (AvgIpc) is 2.73. The Kier molecular flexibility index (Phi) is 2.09. The van der Waals surface area contributed by atoms with E-state index in [1.165, 1.54) is 6.39 Å². The van der Waals surface area contributed by atoms with Crippen LogP contribution < -0.4 is 0 Å². The largest absolute Gasteiger partial charge is 0.441 e. The molecule has 2 aromatic rings. The molecule has 0 aliphatic carbocycles. The van der Waals surface area contributed by atoms with Crippen LogP contribution >= 0.6 is 0 Å². The van der Waals surface area contributed by atoms with Gasteiger partial charge in [-0.05, 0) is 13.0 Å². The smallest absolute Gasteiger partial charge is 0.181 e. The molecule has 5 nitrogen and oxygen atoms in total. The molecule has 0 bridgehead atoms. The van der Waals surface area contributed by atoms with Gasteiger partial charge in [-0.1, -0.05) is 0 Å². The normalized spacial score (nSPS) is 10.8. The molecule has 0 unspecified atom stereocenters. The Morgan fingerprint density at radius 3 is 2.93 bits per heavy atom. The van der Waals surface area contributed by atoms with E-state index in [1.807, 2.05) is 20.0 Å². The Morgan fingerprint density at radius 1 is 1.57 bits per heavy atom. The Labute approximate surface area is 81.0 Å². The Bertz CT molecular complexity index is 425. The summed E-state index contributed by atoms with van der Waals surface area (Å²) in [6, 6.07) is 1.89. The highest BCUT2D eigenvalue weighted by atomic mass is 16.3. The molecule has 74 valence electrons. The van der Waals surface area contributed by atoms with Crippen LogP contribution in [0.3, 0.4) is 0 Å². The maximum atomic E-state index is 8.99. The van der Waals surface area contributed by atoms with Crippen molar-refractivity contribution < 1.29 is 9.52 Å². The number of aliphatic hydroxyl groups is 1. The van der Waals surface area contributed by atoms with Crippen LogP contribution in [-0.4, -0.2) is 19.9 Å². The first-order chi connectivity index (χ1) is 6.72. The highest BCUT2D eigenvalue weighted by Crippen LogP contribution is 2.21. The van der Waals surface area contributed by atoms with Crippen molar-refractivity contribution in [2.75, 3.05) is 0 Å². The van der Waals surface area contributed by atoms with Gasteiger partial charge in [0.25, 0.3) is 0 Å². The molecule has 0 fully saturated rings. The lowest BCUT2D eigenvalue weighted by Crippen LogP contribution is -1.93. The highest BCUT2D eigenvalue weighted by Gasteiger charge is 2.13. The van der Waals surface area contributed by atoms with Crippen molar-refractivity contribution in [3.8, 4) is 11.5 Å². The molecule has 1 N–H and O–H groups in total. The second-order valence-electron chi connectivity index (χ2n) is 3.08. The van der Waals surface area contributed by atoms with Gasteiger partial charge in [-0.3, -0.25) is 4.68 Å². The molecular weight excluding hydrogens is 182 g/mol. The number of aryl methyl sites for hydroxylation is 2. The van der Waals surface area contributed by atoms with Gasteiger partial charge in [0.15, 0.2) is 12.2 Å². The SMILES string of the molecule is Cc1cc(-c2ocnc2CO)nn1C. The summed E-state index contributed by atoms with van der Waals surface area (Å²) < 4.78 is 6.91. The van der Waals surface area contributed by atoms with Gasteiger partial charge in [-0.25, -0.2) is 4.98 Å². The minimum Gasteiger partial charge on any atom is -0.441 e. The summed E-state index contributed by atoms with van der Waals surface area (Å²) in [6.45, 7) is 1.81. The van der Waals surface area contributed by atoms with Crippen molar-refractivity contribution in [3.63, 3.8) is 0 Å². The quantitative estimate of drug-likeness (QED) is 0.768. The number of hydrogen-bond acceptors (Lipinski definition) is 4. The summed E-state index contributed by atoms with van der Waals surface area (Å²) in [7, 11) is 1.85. The van der Waals surface area contributed by atoms with Gasteiger partial charge in [0.2, 0.25) is 0 Å². The van der Waals surface area contributed by atoms with Crippen molar-refractivity contribution in [2.45, 2.75) is 13.5 Å². The zero-order valence-corrected chi connectivity index (χ0v) is 8.06. The number of aromatic nitrogens is 3. The fourth-order valence-electron chi connectivity index (χ4n) is 1.26. The molecule has 2 rings (SSSR count). The van der Waals surface area contributed by atoms with E-state index in [1.54, 1.807) is 4.68 Å². The zero-order valence-electron chi connectivity index (χ0n) is 8.06. The molecule has 14 heavy (non-hydrogen) atoms. The monoisotopic (exact) mass is 193 g/mol. The summed E-state index contributed by atoms with van der Waals surface area (Å²) in [5.74, 6) is 0.538. The molecule has 0 atom stereocenters. The molecule has 0 radical (unpaired) electrons. The van der Waals surface area contributed by atoms with Gasteiger partial charge in [-0.2, -0.15) is 5.10 Å². The van der Waals surface area contributed by atoms with Crippen LogP contribution in [0.15, 0.2) is 16.9 Å². The van der Waals surface area contributed by atoms with E-state index >= 15 is 0 Å². The molecule has 2 aromatic heterocycles. The summed E-state index contributed by atoms with van der Waals surface area (Å²) >= 11 is 0. The Hall–Kier alpha value is -1.62. The van der Waals surface area contributed by atoms with E-state index in [0.717, 1.165) is 5.69 Å². The fourth-order valence-corrected chi connectivity index (χ4v) is 1.26. The lowest BCUT2D eigenvalue weighted by molar-refractivity contribution is 0.277. The predicted molar refractivity (Wildman–Crippen MR) is 49.4 cm³/mol. The highest BCUT2D eigenvalue weighted by molar-refractivity contribution is 5.54. The average molecular weight is 193 g/mol. The third-order valence-electron chi connectivity index (χ3n) is 2.14. The number of oxazole rings is 1. The van der Waals surface area contributed by atoms with Crippen molar-refractivity contribution in [1.82, 2.24) is 14.8 Å². The van der Waals surface area contributed by atoms with Crippen LogP contribution in [0.5, 0.6) is 0 Å². The second-order valence-corrected chi connectivity index (χ2v) is 3.08. The maximum Gasteiger partial charge on any atom is 0.181 e. The van der Waals surface area contributed by atoms with Crippen molar-refractivity contribution in [3.05, 3.63) is 23.8 Å². The molecule has 0 aromatic carbocycles. The van der Waals surface area contributed by atoms with Crippen molar-refractivity contribution >= 4 is 0 Å². The summed E-state index contributed by atoms with van der Waals surface area (Å²) in [6.07, 6.45) is 1.31. The molecule has 5 heteroatoms. The standard InChI is InChI=1S/C9H11N3O2/c1-6-3-7(11-12(6)2)9-8(4-13)10-5-14-9/h3,5,13H,4H2,1-2H3. The van der Waals surface area contributed by atoms with Crippen LogP contribution in [0.2, 0.25) is 0 Å². The molecule has 0 spiro atoms. The number of aliphatic hydroxyl groups excluding tert-OH is 1. The van der Waals surface area contributed by atoms with Crippen molar-refractivity contribution in [1.29, 1.82) is 0 Å². The fraction of sp³-hybridized carbons (Fsp3) is 0.333. The number of hydrogen-bond donors (Lipinski definition) is 1. The molecule has 0 amide bonds. The van der Waals surface area contributed by atoms with Crippen molar-refractivity contribution in [2.24, 2.45) is 7.05 Å². The lowest BCUT2D eigenvalue weighted by Gasteiger charge is -1.92. The van der Waals surface area contributed by atoms with Crippen LogP contribution in [-0.2, 0) is 13.7 Å². The van der Waals surface area contributed by atoms with Gasteiger partial charge in [-0.15, -0.1) is 0 Å². The molecular formula is C9H11N3O2. The first-order valence-corrected chi connectivity index (χ1v) is 4.26. The van der Waals surface area contributed by atoms with Crippen LogP contribution in [0.25, 0.3) is 11.5 Å². The first-order valence-electron chi connectivity index (χ1n) is 4.26. The first kappa shape index (κ1) is 8.96. The van der Waals surface area contributed by atoms with Gasteiger partial charge in [0, 0.05) is 12.7 Å². The molecule has 0 aliphatic heterocycles. The van der Waals surface area contributed by atoms with Gasteiger partial charge >= 0.3 is 0 Å². The van der Waals surface area contributed by atoms with Crippen LogP contribution in [0, 0.1) is 6.92 Å².